The number of hydrogen-bond donors (Lipinski definition) is 4. The van der Waals surface area contributed by atoms with E-state index in [4.69, 9.17) is 14.9 Å². The van der Waals surface area contributed by atoms with Crippen LogP contribution in [0.1, 0.15) is 200 Å². The Hall–Kier alpha value is -2.42. The van der Waals surface area contributed by atoms with Crippen molar-refractivity contribution in [3.8, 4) is 0 Å². The summed E-state index contributed by atoms with van der Waals surface area (Å²) in [6.07, 6.45) is 37.0. The minimum Gasteiger partial charge on any atom is -0.480 e. The second kappa shape index (κ2) is 36.4. The maximum atomic E-state index is 12.6. The van der Waals surface area contributed by atoms with Gasteiger partial charge in [0.1, 0.15) is 12.1 Å². The summed E-state index contributed by atoms with van der Waals surface area (Å²) < 4.78 is 5.88. The summed E-state index contributed by atoms with van der Waals surface area (Å²) >= 11 is 0. The van der Waals surface area contributed by atoms with Crippen LogP contribution in [0, 0.1) is 0 Å². The standard InChI is InChI=1S/C41H76N2O7/c1-3-5-7-9-11-12-13-14-15-16-17-18-19-20-21-23-29-33-40(47)50-36(30-26-22-10-8-6-4-2)31-27-24-25-28-32-38(45)42-34-39(46)43-37(35-44)41(48)49/h26,30,36-37,44H,3-25,27-29,31-35H2,1-2H3,(H,42,45)(H,43,46)(H,48,49)/b30-26-. The lowest BCUT2D eigenvalue weighted by molar-refractivity contribution is -0.147. The number of aliphatic hydroxyl groups is 1. The predicted molar refractivity (Wildman–Crippen MR) is 204 cm³/mol. The van der Waals surface area contributed by atoms with Gasteiger partial charge in [-0.2, -0.15) is 0 Å². The number of nitrogens with one attached hydrogen (secondary N) is 2. The van der Waals surface area contributed by atoms with Gasteiger partial charge in [-0.25, -0.2) is 4.79 Å². The number of amides is 2. The summed E-state index contributed by atoms with van der Waals surface area (Å²) in [5.41, 5.74) is 0. The minimum atomic E-state index is -1.39. The van der Waals surface area contributed by atoms with Crippen LogP contribution in [-0.2, 0) is 23.9 Å². The number of ether oxygens (including phenoxy) is 1. The molecule has 2 atom stereocenters. The fourth-order valence-corrected chi connectivity index (χ4v) is 6.04. The Kier molecular flexibility index (Phi) is 34.6. The van der Waals surface area contributed by atoms with Gasteiger partial charge in [-0.3, -0.25) is 14.4 Å². The average Bonchev–Trinajstić information content (AvgIpc) is 3.10. The van der Waals surface area contributed by atoms with Gasteiger partial charge in [-0.1, -0.05) is 155 Å². The van der Waals surface area contributed by atoms with Crippen LogP contribution in [0.2, 0.25) is 0 Å². The van der Waals surface area contributed by atoms with Gasteiger partial charge in [0.2, 0.25) is 11.8 Å². The molecule has 0 aliphatic rings. The molecule has 0 aromatic heterocycles. The first-order valence-corrected chi connectivity index (χ1v) is 20.6. The lowest BCUT2D eigenvalue weighted by atomic mass is 10.0. The normalized spacial score (nSPS) is 12.5. The van der Waals surface area contributed by atoms with Crippen LogP contribution in [0.15, 0.2) is 12.2 Å². The number of unbranched alkanes of at least 4 members (excludes halogenated alkanes) is 23. The number of carbonyl (C=O) groups is 4. The van der Waals surface area contributed by atoms with Gasteiger partial charge < -0.3 is 25.6 Å². The lowest BCUT2D eigenvalue weighted by Crippen LogP contribution is -2.47. The van der Waals surface area contributed by atoms with E-state index in [0.717, 1.165) is 51.4 Å². The van der Waals surface area contributed by atoms with E-state index in [1.54, 1.807) is 0 Å². The highest BCUT2D eigenvalue weighted by Crippen LogP contribution is 2.16. The van der Waals surface area contributed by atoms with E-state index >= 15 is 0 Å². The van der Waals surface area contributed by atoms with E-state index in [-0.39, 0.29) is 30.9 Å². The summed E-state index contributed by atoms with van der Waals surface area (Å²) in [5, 5.41) is 22.5. The van der Waals surface area contributed by atoms with Crippen molar-refractivity contribution in [2.24, 2.45) is 0 Å². The quantitative estimate of drug-likeness (QED) is 0.0286. The van der Waals surface area contributed by atoms with Crippen molar-refractivity contribution >= 4 is 23.8 Å². The molecule has 0 bridgehead atoms. The van der Waals surface area contributed by atoms with E-state index in [1.165, 1.54) is 116 Å². The van der Waals surface area contributed by atoms with Gasteiger partial charge in [0.15, 0.2) is 0 Å². The van der Waals surface area contributed by atoms with Crippen LogP contribution < -0.4 is 10.6 Å². The van der Waals surface area contributed by atoms with E-state index in [0.29, 0.717) is 12.8 Å². The summed E-state index contributed by atoms with van der Waals surface area (Å²) in [5.74, 6) is -2.39. The number of carboxylic acid groups (broad SMARTS) is 1. The molecule has 0 fully saturated rings. The SMILES string of the molecule is CCCCCC/C=C\C(CCCCCCC(=O)NCC(=O)NC(CO)C(=O)O)OC(=O)CCCCCCCCCCCCCCCCCCC. The minimum absolute atomic E-state index is 0.110. The maximum absolute atomic E-state index is 12.6. The first-order chi connectivity index (χ1) is 24.3. The molecule has 4 N–H and O–H groups in total. The zero-order valence-corrected chi connectivity index (χ0v) is 32.2. The fraction of sp³-hybridized carbons (Fsp3) is 0.854. The fourth-order valence-electron chi connectivity index (χ4n) is 6.04. The summed E-state index contributed by atoms with van der Waals surface area (Å²) in [7, 11) is 0. The Morgan fingerprint density at radius 2 is 1.06 bits per heavy atom. The Balaban J connectivity index is 4.10. The second-order valence-electron chi connectivity index (χ2n) is 14.1. The van der Waals surface area contributed by atoms with Crippen molar-refractivity contribution in [2.75, 3.05) is 13.2 Å². The van der Waals surface area contributed by atoms with Gasteiger partial charge in [0, 0.05) is 12.8 Å². The molecule has 0 radical (unpaired) electrons. The molecule has 0 aliphatic heterocycles. The van der Waals surface area contributed by atoms with E-state index in [1.807, 2.05) is 0 Å². The molecule has 0 spiro atoms. The predicted octanol–water partition coefficient (Wildman–Crippen LogP) is 9.48. The molecule has 0 rings (SSSR count). The van der Waals surface area contributed by atoms with Crippen molar-refractivity contribution in [3.63, 3.8) is 0 Å². The molecule has 9 nitrogen and oxygen atoms in total. The number of aliphatic hydroxyl groups excluding tert-OH is 1. The number of hydrogen-bond acceptors (Lipinski definition) is 6. The molecule has 0 aromatic rings. The second-order valence-corrected chi connectivity index (χ2v) is 14.1. The highest BCUT2D eigenvalue weighted by atomic mass is 16.5. The van der Waals surface area contributed by atoms with Gasteiger partial charge in [0.05, 0.1) is 13.2 Å². The van der Waals surface area contributed by atoms with Crippen molar-refractivity contribution in [2.45, 2.75) is 212 Å². The third-order valence-electron chi connectivity index (χ3n) is 9.25. The van der Waals surface area contributed by atoms with Gasteiger partial charge in [-0.15, -0.1) is 0 Å². The highest BCUT2D eigenvalue weighted by Gasteiger charge is 2.18. The highest BCUT2D eigenvalue weighted by molar-refractivity contribution is 5.87. The Bertz CT molecular complexity index is 864. The topological polar surface area (TPSA) is 142 Å². The number of carboxylic acids is 1. The van der Waals surface area contributed by atoms with Gasteiger partial charge >= 0.3 is 11.9 Å². The van der Waals surface area contributed by atoms with Crippen molar-refractivity contribution < 1.29 is 34.1 Å². The molecule has 0 saturated heterocycles. The van der Waals surface area contributed by atoms with Crippen LogP contribution >= 0.6 is 0 Å². The monoisotopic (exact) mass is 709 g/mol. The van der Waals surface area contributed by atoms with E-state index < -0.39 is 24.5 Å². The molecule has 0 heterocycles. The number of esters is 1. The zero-order valence-electron chi connectivity index (χ0n) is 32.2. The number of carbonyl (C=O) groups excluding carboxylic acids is 3. The summed E-state index contributed by atoms with van der Waals surface area (Å²) in [4.78, 5) is 47.3. The number of allylic oxidation sites excluding steroid dienone is 1. The van der Waals surface area contributed by atoms with Crippen LogP contribution in [0.4, 0.5) is 0 Å². The first-order valence-electron chi connectivity index (χ1n) is 20.6. The smallest absolute Gasteiger partial charge is 0.328 e. The van der Waals surface area contributed by atoms with Crippen LogP contribution in [0.25, 0.3) is 0 Å². The molecule has 50 heavy (non-hydrogen) atoms. The van der Waals surface area contributed by atoms with E-state index in [2.05, 4.69) is 36.6 Å². The molecule has 0 saturated carbocycles. The zero-order chi connectivity index (χ0) is 36.9. The lowest BCUT2D eigenvalue weighted by Gasteiger charge is -2.15. The largest absolute Gasteiger partial charge is 0.480 e. The Morgan fingerprint density at radius 1 is 0.600 bits per heavy atom. The Morgan fingerprint density at radius 3 is 1.56 bits per heavy atom. The maximum Gasteiger partial charge on any atom is 0.328 e. The summed E-state index contributed by atoms with van der Waals surface area (Å²) in [6.45, 7) is 3.42. The van der Waals surface area contributed by atoms with Crippen molar-refractivity contribution in [1.29, 1.82) is 0 Å². The van der Waals surface area contributed by atoms with Gasteiger partial charge in [-0.05, 0) is 44.6 Å². The molecular formula is C41H76N2O7. The van der Waals surface area contributed by atoms with Crippen molar-refractivity contribution in [3.05, 3.63) is 12.2 Å². The van der Waals surface area contributed by atoms with Crippen LogP contribution in [0.3, 0.4) is 0 Å². The molecule has 0 aromatic carbocycles. The Labute approximate surface area is 305 Å². The van der Waals surface area contributed by atoms with Gasteiger partial charge in [0.25, 0.3) is 0 Å². The van der Waals surface area contributed by atoms with Crippen LogP contribution in [0.5, 0.6) is 0 Å². The van der Waals surface area contributed by atoms with E-state index in [9.17, 15) is 19.2 Å². The molecular weight excluding hydrogens is 632 g/mol. The summed E-state index contributed by atoms with van der Waals surface area (Å²) in [6, 6.07) is -1.39. The third-order valence-corrected chi connectivity index (χ3v) is 9.25. The van der Waals surface area contributed by atoms with Crippen LogP contribution in [-0.4, -0.2) is 59.3 Å². The molecule has 9 heteroatoms. The molecule has 2 amide bonds. The molecule has 2 unspecified atom stereocenters. The molecule has 0 aliphatic carbocycles. The number of aliphatic carboxylic acids is 1. The average molecular weight is 709 g/mol. The number of rotatable bonds is 37. The van der Waals surface area contributed by atoms with Crippen molar-refractivity contribution in [1.82, 2.24) is 10.6 Å². The molecule has 292 valence electrons. The third kappa shape index (κ3) is 32.8. The first kappa shape index (κ1) is 47.6.